The van der Waals surface area contributed by atoms with Crippen molar-refractivity contribution in [3.8, 4) is 0 Å². The van der Waals surface area contributed by atoms with Gasteiger partial charge < -0.3 is 9.88 Å². The molecule has 0 atom stereocenters. The largest absolute Gasteiger partial charge is 0.337 e. The van der Waals surface area contributed by atoms with E-state index in [0.29, 0.717) is 0 Å². The molecule has 3 rings (SSSR count). The molecule has 0 aliphatic carbocycles. The van der Waals surface area contributed by atoms with Crippen LogP contribution in [-0.4, -0.2) is 26.9 Å². The van der Waals surface area contributed by atoms with Crippen LogP contribution in [-0.2, 0) is 6.54 Å². The summed E-state index contributed by atoms with van der Waals surface area (Å²) in [5.41, 5.74) is 1.98. The van der Waals surface area contributed by atoms with E-state index in [1.165, 1.54) is 0 Å². The number of nitrogens with zero attached hydrogens (tertiary/aromatic N) is 4. The minimum Gasteiger partial charge on any atom is -0.337 e. The average molecular weight is 241 g/mol. The molecule has 5 heteroatoms. The van der Waals surface area contributed by atoms with E-state index in [4.69, 9.17) is 0 Å². The maximum atomic E-state index is 4.56. The third-order valence-electron chi connectivity index (χ3n) is 2.91. The number of hydrogen-bond donors (Lipinski definition) is 1. The molecule has 2 aromatic heterocycles. The van der Waals surface area contributed by atoms with Crippen LogP contribution in [0.4, 0.5) is 5.69 Å². The predicted molar refractivity (Wildman–Crippen MR) is 70.8 cm³/mol. The zero-order valence-electron chi connectivity index (χ0n) is 10.3. The smallest absolute Gasteiger partial charge is 0.175 e. The summed E-state index contributed by atoms with van der Waals surface area (Å²) >= 11 is 0. The quantitative estimate of drug-likeness (QED) is 0.829. The molecule has 3 heterocycles. The molecule has 0 unspecified atom stereocenters. The molecule has 0 bridgehead atoms. The zero-order valence-corrected chi connectivity index (χ0v) is 10.3. The zero-order chi connectivity index (χ0) is 12.4. The van der Waals surface area contributed by atoms with Crippen molar-refractivity contribution in [2.45, 2.75) is 19.9 Å². The van der Waals surface area contributed by atoms with Gasteiger partial charge in [0.1, 0.15) is 0 Å². The Morgan fingerprint density at radius 2 is 2.22 bits per heavy atom. The molecule has 1 aliphatic heterocycles. The molecule has 1 N–H and O–H groups in total. The number of aliphatic imine (C=N–C) groups is 1. The summed E-state index contributed by atoms with van der Waals surface area (Å²) in [6.45, 7) is 3.77. The van der Waals surface area contributed by atoms with Gasteiger partial charge in [-0.1, -0.05) is 0 Å². The van der Waals surface area contributed by atoms with E-state index in [9.17, 15) is 0 Å². The number of aromatic nitrogens is 3. The lowest BCUT2D eigenvalue weighted by molar-refractivity contribution is 0.660. The summed E-state index contributed by atoms with van der Waals surface area (Å²) in [7, 11) is 0. The molecular weight excluding hydrogens is 226 g/mol. The Balaban J connectivity index is 1.91. The number of pyridine rings is 1. The second-order valence-corrected chi connectivity index (χ2v) is 4.34. The standard InChI is InChI=1S/C13H15N5/c1-10-9-11(3-5-14-10)17-12-13-16-6-8-18(13)7-2-4-15-12/h3,5-6,8-9H,2,4,7H2,1H3,(H,14,15,17). The first-order valence-electron chi connectivity index (χ1n) is 6.08. The first-order chi connectivity index (χ1) is 8.83. The van der Waals surface area contributed by atoms with Crippen LogP contribution in [0.25, 0.3) is 0 Å². The second-order valence-electron chi connectivity index (χ2n) is 4.34. The molecule has 0 fully saturated rings. The van der Waals surface area contributed by atoms with Gasteiger partial charge in [0.2, 0.25) is 0 Å². The van der Waals surface area contributed by atoms with Crippen molar-refractivity contribution >= 4 is 11.5 Å². The van der Waals surface area contributed by atoms with Crippen molar-refractivity contribution in [2.75, 3.05) is 11.9 Å². The molecule has 0 radical (unpaired) electrons. The highest BCUT2D eigenvalue weighted by Crippen LogP contribution is 2.12. The van der Waals surface area contributed by atoms with Crippen molar-refractivity contribution in [1.82, 2.24) is 14.5 Å². The van der Waals surface area contributed by atoms with Gasteiger partial charge in [-0.2, -0.15) is 0 Å². The lowest BCUT2D eigenvalue weighted by Crippen LogP contribution is -2.18. The molecule has 1 aliphatic rings. The molecule has 0 amide bonds. The van der Waals surface area contributed by atoms with Gasteiger partial charge in [-0.15, -0.1) is 0 Å². The highest BCUT2D eigenvalue weighted by molar-refractivity contribution is 6.06. The Kier molecular flexibility index (Phi) is 2.80. The molecular formula is C13H15N5. The van der Waals surface area contributed by atoms with Crippen LogP contribution >= 0.6 is 0 Å². The van der Waals surface area contributed by atoms with Gasteiger partial charge in [-0.3, -0.25) is 9.98 Å². The Morgan fingerprint density at radius 1 is 1.28 bits per heavy atom. The SMILES string of the molecule is Cc1cc(NC2=NCCCn3ccnc32)ccn1. The Labute approximate surface area is 106 Å². The number of amidine groups is 1. The number of imidazole rings is 1. The van der Waals surface area contributed by atoms with Crippen LogP contribution in [0.1, 0.15) is 17.9 Å². The molecule has 0 saturated carbocycles. The maximum absolute atomic E-state index is 4.56. The van der Waals surface area contributed by atoms with E-state index in [1.54, 1.807) is 6.20 Å². The molecule has 92 valence electrons. The first-order valence-corrected chi connectivity index (χ1v) is 6.08. The van der Waals surface area contributed by atoms with Crippen LogP contribution in [0.5, 0.6) is 0 Å². The third-order valence-corrected chi connectivity index (χ3v) is 2.91. The Morgan fingerprint density at radius 3 is 3.11 bits per heavy atom. The predicted octanol–water partition coefficient (Wildman–Crippen LogP) is 1.85. The normalized spacial score (nSPS) is 14.6. The lowest BCUT2D eigenvalue weighted by Gasteiger charge is -2.09. The number of anilines is 1. The number of fused-ring (bicyclic) bond motifs is 1. The average Bonchev–Trinajstić information content (AvgIpc) is 2.74. The highest BCUT2D eigenvalue weighted by atomic mass is 15.1. The summed E-state index contributed by atoms with van der Waals surface area (Å²) in [5, 5.41) is 3.33. The highest BCUT2D eigenvalue weighted by Gasteiger charge is 2.13. The van der Waals surface area contributed by atoms with Crippen LogP contribution < -0.4 is 5.32 Å². The van der Waals surface area contributed by atoms with Gasteiger partial charge in [0.15, 0.2) is 11.7 Å². The number of hydrogen-bond acceptors (Lipinski definition) is 4. The van der Waals surface area contributed by atoms with Crippen molar-refractivity contribution < 1.29 is 0 Å². The van der Waals surface area contributed by atoms with Crippen molar-refractivity contribution in [1.29, 1.82) is 0 Å². The minimum atomic E-state index is 0.829. The first kappa shape index (κ1) is 11.0. The topological polar surface area (TPSA) is 55.1 Å². The van der Waals surface area contributed by atoms with E-state index in [1.807, 2.05) is 31.5 Å². The van der Waals surface area contributed by atoms with E-state index >= 15 is 0 Å². The monoisotopic (exact) mass is 241 g/mol. The molecule has 0 spiro atoms. The van der Waals surface area contributed by atoms with Crippen LogP contribution in [0, 0.1) is 6.92 Å². The fourth-order valence-electron chi connectivity index (χ4n) is 2.06. The fraction of sp³-hybridized carbons (Fsp3) is 0.308. The number of nitrogens with one attached hydrogen (secondary N) is 1. The summed E-state index contributed by atoms with van der Waals surface area (Å²) < 4.78 is 2.13. The molecule has 0 aromatic carbocycles. The summed E-state index contributed by atoms with van der Waals surface area (Å²) in [6, 6.07) is 3.94. The minimum absolute atomic E-state index is 0.829. The van der Waals surface area contributed by atoms with Crippen LogP contribution in [0.15, 0.2) is 35.7 Å². The second kappa shape index (κ2) is 4.60. The van der Waals surface area contributed by atoms with Gasteiger partial charge in [-0.25, -0.2) is 4.98 Å². The Hall–Kier alpha value is -2.17. The lowest BCUT2D eigenvalue weighted by atomic mass is 10.3. The van der Waals surface area contributed by atoms with Gasteiger partial charge in [0.05, 0.1) is 0 Å². The van der Waals surface area contributed by atoms with Gasteiger partial charge in [-0.05, 0) is 25.5 Å². The van der Waals surface area contributed by atoms with Crippen LogP contribution in [0.3, 0.4) is 0 Å². The summed E-state index contributed by atoms with van der Waals surface area (Å²) in [6.07, 6.45) is 6.65. The summed E-state index contributed by atoms with van der Waals surface area (Å²) in [5.74, 6) is 1.74. The third kappa shape index (κ3) is 2.11. The van der Waals surface area contributed by atoms with Gasteiger partial charge >= 0.3 is 0 Å². The Bertz CT molecular complexity index is 585. The van der Waals surface area contributed by atoms with Gasteiger partial charge in [0.25, 0.3) is 0 Å². The van der Waals surface area contributed by atoms with E-state index in [-0.39, 0.29) is 0 Å². The molecule has 2 aromatic rings. The molecule has 18 heavy (non-hydrogen) atoms. The van der Waals surface area contributed by atoms with Gasteiger partial charge in [0, 0.05) is 43.1 Å². The van der Waals surface area contributed by atoms with E-state index in [2.05, 4.69) is 24.8 Å². The van der Waals surface area contributed by atoms with Crippen molar-refractivity contribution in [3.63, 3.8) is 0 Å². The molecule has 0 saturated heterocycles. The maximum Gasteiger partial charge on any atom is 0.175 e. The van der Waals surface area contributed by atoms with Crippen molar-refractivity contribution in [3.05, 3.63) is 42.2 Å². The van der Waals surface area contributed by atoms with Crippen LogP contribution in [0.2, 0.25) is 0 Å². The van der Waals surface area contributed by atoms with E-state index < -0.39 is 0 Å². The number of rotatable bonds is 1. The fourth-order valence-corrected chi connectivity index (χ4v) is 2.06. The van der Waals surface area contributed by atoms with E-state index in [0.717, 1.165) is 42.6 Å². The number of aryl methyl sites for hydroxylation is 2. The molecule has 5 nitrogen and oxygen atoms in total. The van der Waals surface area contributed by atoms with Crippen molar-refractivity contribution in [2.24, 2.45) is 4.99 Å². The summed E-state index contributed by atoms with van der Waals surface area (Å²) in [4.78, 5) is 13.1.